The molecule has 1 heterocycles. The number of carbonyl (C=O) groups excluding carboxylic acids is 1. The number of hydrogen-bond donors (Lipinski definition) is 0. The van der Waals surface area contributed by atoms with E-state index >= 15 is 0 Å². The van der Waals surface area contributed by atoms with Crippen LogP contribution in [0.25, 0.3) is 0 Å². The first-order chi connectivity index (χ1) is 11.8. The Morgan fingerprint density at radius 3 is 2.48 bits per heavy atom. The summed E-state index contributed by atoms with van der Waals surface area (Å²) in [5.74, 6) is 1.02. The Balaban J connectivity index is 1.73. The Kier molecular flexibility index (Phi) is 4.85. The van der Waals surface area contributed by atoms with Crippen LogP contribution >= 0.6 is 0 Å². The molecule has 132 valence electrons. The molecule has 0 aliphatic carbocycles. The number of ether oxygens (including phenoxy) is 1. The predicted octanol–water partition coefficient (Wildman–Crippen LogP) is 4.47. The topological polar surface area (TPSA) is 29.5 Å². The van der Waals surface area contributed by atoms with Gasteiger partial charge in [0.2, 0.25) is 5.91 Å². The van der Waals surface area contributed by atoms with Crippen molar-refractivity contribution >= 4 is 5.91 Å². The minimum atomic E-state index is 0.138. The third kappa shape index (κ3) is 4.04. The minimum Gasteiger partial charge on any atom is -0.489 e. The highest BCUT2D eigenvalue weighted by Gasteiger charge is 2.20. The molecule has 25 heavy (non-hydrogen) atoms. The van der Waals surface area contributed by atoms with Gasteiger partial charge in [0.1, 0.15) is 12.4 Å². The molecule has 0 saturated carbocycles. The zero-order valence-electron chi connectivity index (χ0n) is 15.6. The van der Waals surface area contributed by atoms with Crippen molar-refractivity contribution in [2.45, 2.75) is 52.7 Å². The molecule has 2 aromatic carbocycles. The third-order valence-electron chi connectivity index (χ3n) is 4.93. The fraction of sp³-hybridized carbons (Fsp3) is 0.409. The molecule has 0 aromatic heterocycles. The normalized spacial score (nSPS) is 14.2. The maximum atomic E-state index is 11.7. The summed E-state index contributed by atoms with van der Waals surface area (Å²) in [6, 6.07) is 14.7. The van der Waals surface area contributed by atoms with Crippen molar-refractivity contribution in [2.24, 2.45) is 0 Å². The number of amides is 1. The van der Waals surface area contributed by atoms with E-state index in [9.17, 15) is 4.79 Å². The summed E-state index contributed by atoms with van der Waals surface area (Å²) < 4.78 is 6.02. The number of fused-ring (bicyclic) bond motifs is 1. The minimum absolute atomic E-state index is 0.138. The first-order valence-electron chi connectivity index (χ1n) is 8.93. The summed E-state index contributed by atoms with van der Waals surface area (Å²) >= 11 is 0. The summed E-state index contributed by atoms with van der Waals surface area (Å²) in [6.07, 6.45) is 0.920. The smallest absolute Gasteiger partial charge is 0.219 e. The maximum absolute atomic E-state index is 11.7. The van der Waals surface area contributed by atoms with Gasteiger partial charge in [-0.05, 0) is 46.2 Å². The molecule has 3 nitrogen and oxygen atoms in total. The lowest BCUT2D eigenvalue weighted by Crippen LogP contribution is -2.34. The fourth-order valence-corrected chi connectivity index (χ4v) is 3.27. The Morgan fingerprint density at radius 2 is 1.84 bits per heavy atom. The molecule has 0 atom stereocenters. The molecular formula is C22H27NO2. The van der Waals surface area contributed by atoms with Crippen LogP contribution in [0.4, 0.5) is 0 Å². The SMILES string of the molecule is CC(=O)N1CCc2cccc(COc3ccc(C(C)(C)C)cc3)c2C1. The van der Waals surface area contributed by atoms with Gasteiger partial charge >= 0.3 is 0 Å². The zero-order chi connectivity index (χ0) is 18.0. The van der Waals surface area contributed by atoms with Gasteiger partial charge in [-0.3, -0.25) is 4.79 Å². The Hall–Kier alpha value is -2.29. The molecule has 1 amide bonds. The van der Waals surface area contributed by atoms with Crippen molar-refractivity contribution in [3.8, 4) is 5.75 Å². The zero-order valence-corrected chi connectivity index (χ0v) is 15.6. The van der Waals surface area contributed by atoms with Crippen LogP contribution < -0.4 is 4.74 Å². The number of nitrogens with zero attached hydrogens (tertiary/aromatic N) is 1. The highest BCUT2D eigenvalue weighted by molar-refractivity contribution is 5.73. The van der Waals surface area contributed by atoms with Crippen LogP contribution in [0.1, 0.15) is 49.9 Å². The second-order valence-electron chi connectivity index (χ2n) is 7.81. The molecule has 3 rings (SSSR count). The van der Waals surface area contributed by atoms with Crippen LogP contribution in [0.2, 0.25) is 0 Å². The molecule has 3 heteroatoms. The van der Waals surface area contributed by atoms with Crippen molar-refractivity contribution in [3.05, 3.63) is 64.7 Å². The standard InChI is InChI=1S/C22H27NO2/c1-16(24)23-13-12-17-6-5-7-18(21(17)14-23)15-25-20-10-8-19(9-11-20)22(2,3)4/h5-11H,12-15H2,1-4H3. The van der Waals surface area contributed by atoms with Gasteiger partial charge in [0.25, 0.3) is 0 Å². The van der Waals surface area contributed by atoms with Crippen molar-refractivity contribution in [3.63, 3.8) is 0 Å². The van der Waals surface area contributed by atoms with Gasteiger partial charge in [0, 0.05) is 20.0 Å². The number of hydrogen-bond acceptors (Lipinski definition) is 2. The molecule has 0 radical (unpaired) electrons. The van der Waals surface area contributed by atoms with Gasteiger partial charge in [0.15, 0.2) is 0 Å². The van der Waals surface area contributed by atoms with E-state index in [4.69, 9.17) is 4.74 Å². The van der Waals surface area contributed by atoms with E-state index in [0.29, 0.717) is 13.2 Å². The summed E-state index contributed by atoms with van der Waals surface area (Å²) in [6.45, 7) is 10.3. The van der Waals surface area contributed by atoms with Crippen molar-refractivity contribution in [2.75, 3.05) is 6.54 Å². The lowest BCUT2D eigenvalue weighted by molar-refractivity contribution is -0.129. The molecule has 2 aromatic rings. The fourth-order valence-electron chi connectivity index (χ4n) is 3.27. The molecule has 0 N–H and O–H groups in total. The van der Waals surface area contributed by atoms with E-state index in [0.717, 1.165) is 18.7 Å². The predicted molar refractivity (Wildman–Crippen MR) is 101 cm³/mol. The Bertz CT molecular complexity index is 757. The van der Waals surface area contributed by atoms with Crippen molar-refractivity contribution in [1.82, 2.24) is 4.90 Å². The molecule has 0 spiro atoms. The van der Waals surface area contributed by atoms with Gasteiger partial charge in [-0.1, -0.05) is 51.1 Å². The second-order valence-corrected chi connectivity index (χ2v) is 7.81. The lowest BCUT2D eigenvalue weighted by Gasteiger charge is -2.29. The second kappa shape index (κ2) is 6.91. The molecule has 0 fully saturated rings. The van der Waals surface area contributed by atoms with Gasteiger partial charge in [-0.2, -0.15) is 0 Å². The highest BCUT2D eigenvalue weighted by atomic mass is 16.5. The highest BCUT2D eigenvalue weighted by Crippen LogP contribution is 2.26. The Morgan fingerprint density at radius 1 is 1.12 bits per heavy atom. The lowest BCUT2D eigenvalue weighted by atomic mass is 9.87. The van der Waals surface area contributed by atoms with Crippen LogP contribution in [0.5, 0.6) is 5.75 Å². The van der Waals surface area contributed by atoms with Gasteiger partial charge < -0.3 is 9.64 Å². The average Bonchev–Trinajstić information content (AvgIpc) is 2.59. The van der Waals surface area contributed by atoms with E-state index in [1.807, 2.05) is 17.0 Å². The molecule has 0 saturated heterocycles. The van der Waals surface area contributed by atoms with Crippen molar-refractivity contribution < 1.29 is 9.53 Å². The summed E-state index contributed by atoms with van der Waals surface area (Å²) in [7, 11) is 0. The quantitative estimate of drug-likeness (QED) is 0.827. The van der Waals surface area contributed by atoms with Crippen molar-refractivity contribution in [1.29, 1.82) is 0 Å². The van der Waals surface area contributed by atoms with Gasteiger partial charge in [0.05, 0.1) is 0 Å². The third-order valence-corrected chi connectivity index (χ3v) is 4.93. The monoisotopic (exact) mass is 337 g/mol. The Labute approximate surface area is 150 Å². The molecule has 0 unspecified atom stereocenters. The summed E-state index contributed by atoms with van der Waals surface area (Å²) in [4.78, 5) is 13.6. The number of benzene rings is 2. The van der Waals surface area contributed by atoms with Crippen LogP contribution in [-0.2, 0) is 29.8 Å². The first-order valence-corrected chi connectivity index (χ1v) is 8.93. The van der Waals surface area contributed by atoms with E-state index in [-0.39, 0.29) is 11.3 Å². The van der Waals surface area contributed by atoms with Crippen LogP contribution in [0.3, 0.4) is 0 Å². The van der Waals surface area contributed by atoms with E-state index in [1.165, 1.54) is 22.3 Å². The number of carbonyl (C=O) groups is 1. The molecule has 1 aliphatic rings. The van der Waals surface area contributed by atoms with Gasteiger partial charge in [-0.15, -0.1) is 0 Å². The molecule has 0 bridgehead atoms. The average molecular weight is 337 g/mol. The largest absolute Gasteiger partial charge is 0.489 e. The molecular weight excluding hydrogens is 310 g/mol. The summed E-state index contributed by atoms with van der Waals surface area (Å²) in [5.41, 5.74) is 5.20. The van der Waals surface area contributed by atoms with Crippen LogP contribution in [0, 0.1) is 0 Å². The van der Waals surface area contributed by atoms with Gasteiger partial charge in [-0.25, -0.2) is 0 Å². The molecule has 1 aliphatic heterocycles. The number of rotatable bonds is 3. The van der Waals surface area contributed by atoms with E-state index < -0.39 is 0 Å². The van der Waals surface area contributed by atoms with E-state index in [2.05, 4.69) is 51.1 Å². The van der Waals surface area contributed by atoms with Crippen LogP contribution in [-0.4, -0.2) is 17.4 Å². The van der Waals surface area contributed by atoms with Crippen LogP contribution in [0.15, 0.2) is 42.5 Å². The maximum Gasteiger partial charge on any atom is 0.219 e. The summed E-state index contributed by atoms with van der Waals surface area (Å²) in [5, 5.41) is 0. The van der Waals surface area contributed by atoms with E-state index in [1.54, 1.807) is 6.92 Å². The first kappa shape index (κ1) is 17.5.